The molecule has 11 nitrogen and oxygen atoms in total. The number of nitrogens with zero attached hydrogens (tertiary/aromatic N) is 2. The van der Waals surface area contributed by atoms with Crippen LogP contribution in [0.2, 0.25) is 0 Å². The zero-order valence-corrected chi connectivity index (χ0v) is 28.8. The summed E-state index contributed by atoms with van der Waals surface area (Å²) in [6.07, 6.45) is 9.51. The summed E-state index contributed by atoms with van der Waals surface area (Å²) in [7, 11) is -1.98. The number of rotatable bonds is 14. The molecule has 262 valence electrons. The molecule has 0 bridgehead atoms. The first-order valence-electron chi connectivity index (χ1n) is 15.5. The minimum absolute atomic E-state index is 0. The number of aromatic nitrogens is 1. The molecule has 48 heavy (non-hydrogen) atoms. The summed E-state index contributed by atoms with van der Waals surface area (Å²) in [5.74, 6) is -2.25. The van der Waals surface area contributed by atoms with Gasteiger partial charge in [-0.25, -0.2) is 27.0 Å². The van der Waals surface area contributed by atoms with Gasteiger partial charge in [0.2, 0.25) is 5.88 Å². The van der Waals surface area contributed by atoms with Crippen molar-refractivity contribution in [3.63, 3.8) is 0 Å². The molecule has 2 aromatic carbocycles. The average Bonchev–Trinajstić information content (AvgIpc) is 3.02. The molecule has 1 saturated heterocycles. The maximum atomic E-state index is 14.3. The number of benzene rings is 2. The Bertz CT molecular complexity index is 1680. The highest BCUT2D eigenvalue weighted by Crippen LogP contribution is 2.33. The quantitative estimate of drug-likeness (QED) is 0.167. The van der Waals surface area contributed by atoms with Crippen molar-refractivity contribution in [3.8, 4) is 17.4 Å². The Morgan fingerprint density at radius 1 is 1.06 bits per heavy atom. The molecule has 0 spiro atoms. The molecule has 1 fully saturated rings. The number of hydrogen-bond acceptors (Lipinski definition) is 8. The summed E-state index contributed by atoms with van der Waals surface area (Å²) in [5.41, 5.74) is 5.27. The van der Waals surface area contributed by atoms with Crippen LogP contribution in [0.4, 0.5) is 19.3 Å². The number of likely N-dealkylation sites (tertiary alicyclic amines) is 1. The smallest absolute Gasteiger partial charge is 0.319 e. The molecule has 2 heterocycles. The number of nitrogens with two attached hydrogens (primary N) is 1. The maximum Gasteiger partial charge on any atom is 0.319 e. The van der Waals surface area contributed by atoms with Crippen LogP contribution < -0.4 is 25.8 Å². The van der Waals surface area contributed by atoms with E-state index in [1.165, 1.54) is 25.3 Å². The molecular formula is C33H42ClF2N5O6S. The van der Waals surface area contributed by atoms with E-state index >= 15 is 0 Å². The first kappa shape index (κ1) is 38.4. The summed E-state index contributed by atoms with van der Waals surface area (Å²) in [6, 6.07) is 8.79. The summed E-state index contributed by atoms with van der Waals surface area (Å²) < 4.78 is 63.1. The third-order valence-electron chi connectivity index (χ3n) is 8.10. The number of anilines is 1. The predicted octanol–water partition coefficient (Wildman–Crippen LogP) is 6.21. The van der Waals surface area contributed by atoms with Crippen molar-refractivity contribution in [1.82, 2.24) is 15.2 Å². The number of halogens is 3. The number of urea groups is 1. The van der Waals surface area contributed by atoms with Crippen LogP contribution in [0.15, 0.2) is 53.6 Å². The zero-order valence-electron chi connectivity index (χ0n) is 27.1. The third kappa shape index (κ3) is 10.5. The van der Waals surface area contributed by atoms with Gasteiger partial charge in [-0.1, -0.05) is 38.7 Å². The Balaban J connectivity index is 0.00000625. The van der Waals surface area contributed by atoms with Crippen molar-refractivity contribution in [1.29, 1.82) is 0 Å². The minimum Gasteiger partial charge on any atom is -0.493 e. The molecule has 1 aliphatic heterocycles. The molecule has 4 N–H and O–H groups in total. The van der Waals surface area contributed by atoms with E-state index in [4.69, 9.17) is 15.2 Å². The lowest BCUT2D eigenvalue weighted by Crippen LogP contribution is -2.50. The molecule has 3 amide bonds. The van der Waals surface area contributed by atoms with E-state index in [1.807, 2.05) is 6.07 Å². The van der Waals surface area contributed by atoms with Gasteiger partial charge in [-0.2, -0.15) is 0 Å². The molecule has 2 atom stereocenters. The van der Waals surface area contributed by atoms with E-state index in [0.717, 1.165) is 50.0 Å². The second-order valence-corrected chi connectivity index (χ2v) is 13.7. The number of ether oxygens (including phenoxy) is 2. The lowest BCUT2D eigenvalue weighted by atomic mass is 9.92. The van der Waals surface area contributed by atoms with E-state index in [0.29, 0.717) is 43.6 Å². The van der Waals surface area contributed by atoms with Crippen LogP contribution in [-0.2, 0) is 16.4 Å². The van der Waals surface area contributed by atoms with E-state index in [-0.39, 0.29) is 40.8 Å². The Hall–Kier alpha value is -4.01. The lowest BCUT2D eigenvalue weighted by molar-refractivity contribution is 0.0996. The molecular weight excluding hydrogens is 668 g/mol. The zero-order chi connectivity index (χ0) is 34.1. The first-order valence-corrected chi connectivity index (χ1v) is 17.4. The number of carbonyl (C=O) groups excluding carboxylic acids is 2. The fourth-order valence-electron chi connectivity index (χ4n) is 5.60. The summed E-state index contributed by atoms with van der Waals surface area (Å²) >= 11 is 0. The van der Waals surface area contributed by atoms with Crippen LogP contribution in [0, 0.1) is 11.6 Å². The Morgan fingerprint density at radius 2 is 1.83 bits per heavy atom. The Morgan fingerprint density at radius 3 is 2.48 bits per heavy atom. The first-order chi connectivity index (χ1) is 22.4. The SMILES string of the molecule is CCCCCCC1CC(NC(=O)Nc2cc(C(N)=O)c(F)cc2F)CCN1Cc1ccc(Oc2ccc(S(C)(=O)=O)cc2OC)nc1.Cl. The number of sulfone groups is 1. The number of methoxy groups -OCH3 is 1. The molecule has 2 unspecified atom stereocenters. The van der Waals surface area contributed by atoms with Crippen LogP contribution >= 0.6 is 12.4 Å². The van der Waals surface area contributed by atoms with Gasteiger partial charge < -0.3 is 25.8 Å². The number of amides is 3. The van der Waals surface area contributed by atoms with Gasteiger partial charge in [-0.15, -0.1) is 12.4 Å². The van der Waals surface area contributed by atoms with E-state index in [1.54, 1.807) is 12.3 Å². The highest BCUT2D eigenvalue weighted by molar-refractivity contribution is 7.90. The molecule has 1 aliphatic rings. The third-order valence-corrected chi connectivity index (χ3v) is 9.21. The van der Waals surface area contributed by atoms with Gasteiger partial charge in [0.05, 0.1) is 23.3 Å². The summed E-state index contributed by atoms with van der Waals surface area (Å²) in [5, 5.41) is 5.28. The van der Waals surface area contributed by atoms with Gasteiger partial charge in [0, 0.05) is 55.8 Å². The fourth-order valence-corrected chi connectivity index (χ4v) is 6.23. The number of piperidine rings is 1. The van der Waals surface area contributed by atoms with Crippen molar-refractivity contribution < 1.29 is 36.3 Å². The van der Waals surface area contributed by atoms with E-state index in [9.17, 15) is 26.8 Å². The molecule has 3 aromatic rings. The van der Waals surface area contributed by atoms with Gasteiger partial charge in [-0.3, -0.25) is 9.69 Å². The van der Waals surface area contributed by atoms with Crippen molar-refractivity contribution in [3.05, 3.63) is 71.4 Å². The number of hydrogen-bond donors (Lipinski definition) is 3. The van der Waals surface area contributed by atoms with Gasteiger partial charge in [0.1, 0.15) is 11.6 Å². The Labute approximate surface area is 285 Å². The Kier molecular flexibility index (Phi) is 13.9. The molecule has 15 heteroatoms. The van der Waals surface area contributed by atoms with Gasteiger partial charge in [-0.05, 0) is 43.0 Å². The number of primary amides is 1. The van der Waals surface area contributed by atoms with Crippen LogP contribution in [0.3, 0.4) is 0 Å². The van der Waals surface area contributed by atoms with Crippen LogP contribution in [0.5, 0.6) is 17.4 Å². The summed E-state index contributed by atoms with van der Waals surface area (Å²) in [4.78, 5) is 31.2. The van der Waals surface area contributed by atoms with Crippen LogP contribution in [-0.4, -0.2) is 62.2 Å². The van der Waals surface area contributed by atoms with Gasteiger partial charge in [0.25, 0.3) is 5.91 Å². The van der Waals surface area contributed by atoms with Crippen molar-refractivity contribution in [2.45, 2.75) is 75.4 Å². The predicted molar refractivity (Wildman–Crippen MR) is 181 cm³/mol. The molecule has 0 radical (unpaired) electrons. The number of carbonyl (C=O) groups is 2. The molecule has 0 aliphatic carbocycles. The topological polar surface area (TPSA) is 153 Å². The molecule has 0 saturated carbocycles. The molecule has 4 rings (SSSR count). The minimum atomic E-state index is -3.41. The van der Waals surface area contributed by atoms with E-state index in [2.05, 4.69) is 27.4 Å². The number of unbranched alkanes of at least 4 members (excludes halogenated alkanes) is 3. The van der Waals surface area contributed by atoms with Crippen LogP contribution in [0.25, 0.3) is 0 Å². The van der Waals surface area contributed by atoms with Crippen molar-refractivity contribution in [2.75, 3.05) is 25.2 Å². The molecule has 1 aromatic heterocycles. The average molecular weight is 710 g/mol. The highest BCUT2D eigenvalue weighted by Gasteiger charge is 2.29. The second-order valence-electron chi connectivity index (χ2n) is 11.7. The number of pyridine rings is 1. The number of nitrogens with one attached hydrogen (secondary N) is 2. The maximum absolute atomic E-state index is 14.3. The standard InChI is InChI=1S/C33H41F2N5O6S.ClH/c1-4-5-6-7-8-23-15-22(38-33(42)39-28-17-25(32(36)41)26(34)18-27(28)35)13-14-40(23)20-21-9-12-31(37-19-21)46-29-11-10-24(47(3,43)44)16-30(29)45-2;/h9-12,16-19,22-23H,4-8,13-15,20H2,1-3H3,(H2,36,41)(H2,38,39,42);1H. The van der Waals surface area contributed by atoms with Crippen LogP contribution in [0.1, 0.15) is 67.8 Å². The normalized spacial score (nSPS) is 16.4. The van der Waals surface area contributed by atoms with Gasteiger partial charge >= 0.3 is 6.03 Å². The van der Waals surface area contributed by atoms with E-state index < -0.39 is 39.0 Å². The highest BCUT2D eigenvalue weighted by atomic mass is 35.5. The monoisotopic (exact) mass is 709 g/mol. The fraction of sp³-hybridized carbons (Fsp3) is 0.424. The second kappa shape index (κ2) is 17.4. The lowest BCUT2D eigenvalue weighted by Gasteiger charge is -2.40. The van der Waals surface area contributed by atoms with Crippen molar-refractivity contribution >= 4 is 39.9 Å². The summed E-state index contributed by atoms with van der Waals surface area (Å²) in [6.45, 7) is 3.49. The largest absolute Gasteiger partial charge is 0.493 e. The van der Waals surface area contributed by atoms with Crippen molar-refractivity contribution in [2.24, 2.45) is 5.73 Å². The van der Waals surface area contributed by atoms with Gasteiger partial charge in [0.15, 0.2) is 21.3 Å².